The molecule has 0 fully saturated rings. The first-order valence-corrected chi connectivity index (χ1v) is 8.30. The van der Waals surface area contributed by atoms with Crippen LogP contribution in [0.5, 0.6) is 0 Å². The van der Waals surface area contributed by atoms with Crippen LogP contribution in [-0.2, 0) is 0 Å². The summed E-state index contributed by atoms with van der Waals surface area (Å²) in [6.07, 6.45) is 5.67. The Kier molecular flexibility index (Phi) is 3.45. The lowest BCUT2D eigenvalue weighted by molar-refractivity contribution is 0.442. The molecule has 25 heavy (non-hydrogen) atoms. The molecular weight excluding hydrogens is 314 g/mol. The number of anilines is 1. The van der Waals surface area contributed by atoms with Gasteiger partial charge >= 0.3 is 0 Å². The summed E-state index contributed by atoms with van der Waals surface area (Å²) in [5, 5.41) is 8.87. The minimum atomic E-state index is 0.168. The second kappa shape index (κ2) is 5.54. The van der Waals surface area contributed by atoms with Crippen molar-refractivity contribution in [3.8, 4) is 11.3 Å². The van der Waals surface area contributed by atoms with E-state index in [2.05, 4.69) is 51.1 Å². The number of nitrogens with one attached hydrogen (secondary N) is 2. The molecule has 7 nitrogen and oxygen atoms in total. The molecule has 0 atom stereocenters. The number of fused-ring (bicyclic) bond motifs is 2. The van der Waals surface area contributed by atoms with Crippen LogP contribution in [0.15, 0.2) is 30.7 Å². The molecule has 7 heteroatoms. The number of imidazole rings is 1. The van der Waals surface area contributed by atoms with E-state index in [1.807, 2.05) is 37.6 Å². The summed E-state index contributed by atoms with van der Waals surface area (Å²) in [5.74, 6) is 0.629. The van der Waals surface area contributed by atoms with Crippen LogP contribution in [0.2, 0.25) is 0 Å². The summed E-state index contributed by atoms with van der Waals surface area (Å²) in [5.41, 5.74) is 4.58. The molecule has 0 bridgehead atoms. The van der Waals surface area contributed by atoms with Crippen molar-refractivity contribution in [2.45, 2.75) is 27.7 Å². The van der Waals surface area contributed by atoms with Crippen LogP contribution in [0.25, 0.3) is 27.9 Å². The van der Waals surface area contributed by atoms with Gasteiger partial charge in [-0.25, -0.2) is 14.5 Å². The average molecular weight is 335 g/mol. The molecule has 4 rings (SSSR count). The summed E-state index contributed by atoms with van der Waals surface area (Å²) in [7, 11) is 0. The Morgan fingerprint density at radius 3 is 2.84 bits per heavy atom. The molecule has 128 valence electrons. The smallest absolute Gasteiger partial charge is 0.224 e. The van der Waals surface area contributed by atoms with Crippen molar-refractivity contribution in [3.05, 3.63) is 36.4 Å². The van der Waals surface area contributed by atoms with E-state index in [0.717, 1.165) is 40.2 Å². The van der Waals surface area contributed by atoms with Gasteiger partial charge in [-0.2, -0.15) is 10.1 Å². The van der Waals surface area contributed by atoms with Crippen LogP contribution < -0.4 is 5.32 Å². The van der Waals surface area contributed by atoms with Gasteiger partial charge in [0.25, 0.3) is 0 Å². The second-order valence-corrected chi connectivity index (χ2v) is 7.48. The highest BCUT2D eigenvalue weighted by Crippen LogP contribution is 2.26. The Morgan fingerprint density at radius 2 is 2.04 bits per heavy atom. The van der Waals surface area contributed by atoms with Gasteiger partial charge in [0.1, 0.15) is 5.65 Å². The van der Waals surface area contributed by atoms with Gasteiger partial charge in [0.15, 0.2) is 5.65 Å². The Balaban J connectivity index is 1.70. The normalized spacial score (nSPS) is 12.2. The molecule has 4 aromatic heterocycles. The van der Waals surface area contributed by atoms with Crippen LogP contribution in [0, 0.1) is 12.3 Å². The highest BCUT2D eigenvalue weighted by molar-refractivity contribution is 5.92. The molecule has 0 unspecified atom stereocenters. The Labute approximate surface area is 145 Å². The molecule has 2 N–H and O–H groups in total. The molecule has 0 aliphatic rings. The van der Waals surface area contributed by atoms with Crippen LogP contribution in [0.4, 0.5) is 5.95 Å². The summed E-state index contributed by atoms with van der Waals surface area (Å²) in [6.45, 7) is 9.28. The van der Waals surface area contributed by atoms with Gasteiger partial charge in [0, 0.05) is 29.9 Å². The zero-order valence-electron chi connectivity index (χ0n) is 14.8. The van der Waals surface area contributed by atoms with Gasteiger partial charge in [-0.15, -0.1) is 0 Å². The van der Waals surface area contributed by atoms with E-state index in [1.165, 1.54) is 0 Å². The molecule has 0 radical (unpaired) electrons. The highest BCUT2D eigenvalue weighted by Gasteiger charge is 2.13. The molecule has 4 heterocycles. The topological polar surface area (TPSA) is 83.8 Å². The third-order valence-corrected chi connectivity index (χ3v) is 3.93. The van der Waals surface area contributed by atoms with E-state index in [0.29, 0.717) is 5.95 Å². The highest BCUT2D eigenvalue weighted by atomic mass is 15.2. The number of nitrogens with zero attached hydrogens (tertiary/aromatic N) is 5. The molecule has 0 aromatic carbocycles. The molecule has 0 aliphatic heterocycles. The van der Waals surface area contributed by atoms with Crippen molar-refractivity contribution in [3.63, 3.8) is 0 Å². The molecule has 0 amide bonds. The minimum Gasteiger partial charge on any atom is -0.354 e. The largest absolute Gasteiger partial charge is 0.354 e. The molecule has 0 aliphatic carbocycles. The molecule has 4 aromatic rings. The monoisotopic (exact) mass is 335 g/mol. The number of hydrogen-bond donors (Lipinski definition) is 2. The lowest BCUT2D eigenvalue weighted by Gasteiger charge is -2.18. The van der Waals surface area contributed by atoms with Crippen LogP contribution in [-0.4, -0.2) is 36.1 Å². The fourth-order valence-corrected chi connectivity index (χ4v) is 2.69. The van der Waals surface area contributed by atoms with E-state index in [1.54, 1.807) is 4.52 Å². The van der Waals surface area contributed by atoms with Crippen LogP contribution in [0.1, 0.15) is 26.5 Å². The predicted molar refractivity (Wildman–Crippen MR) is 98.6 cm³/mol. The maximum atomic E-state index is 4.64. The Hall–Kier alpha value is -2.96. The lowest BCUT2D eigenvalue weighted by atomic mass is 9.97. The number of aromatic nitrogens is 6. The van der Waals surface area contributed by atoms with Gasteiger partial charge in [0.05, 0.1) is 17.6 Å². The number of H-pyrrole nitrogens is 1. The fraction of sp³-hybridized carbons (Fsp3) is 0.333. The average Bonchev–Trinajstić information content (AvgIpc) is 3.13. The zero-order valence-corrected chi connectivity index (χ0v) is 14.8. The van der Waals surface area contributed by atoms with Crippen LogP contribution >= 0.6 is 0 Å². The van der Waals surface area contributed by atoms with Gasteiger partial charge < -0.3 is 10.3 Å². The maximum absolute atomic E-state index is 4.64. The van der Waals surface area contributed by atoms with Crippen LogP contribution in [0.3, 0.4) is 0 Å². The first-order chi connectivity index (χ1) is 11.9. The fourth-order valence-electron chi connectivity index (χ4n) is 2.69. The van der Waals surface area contributed by atoms with Gasteiger partial charge in [0.2, 0.25) is 5.95 Å². The lowest BCUT2D eigenvalue weighted by Crippen LogP contribution is -2.20. The van der Waals surface area contributed by atoms with Gasteiger partial charge in [-0.1, -0.05) is 20.8 Å². The van der Waals surface area contributed by atoms with E-state index in [-0.39, 0.29) is 5.41 Å². The van der Waals surface area contributed by atoms with Crippen molar-refractivity contribution in [2.24, 2.45) is 5.41 Å². The third kappa shape index (κ3) is 3.05. The number of aryl methyl sites for hydroxylation is 1. The maximum Gasteiger partial charge on any atom is 0.224 e. The number of hydrogen-bond acceptors (Lipinski definition) is 5. The molecule has 0 saturated carbocycles. The van der Waals surface area contributed by atoms with Crippen molar-refractivity contribution in [2.75, 3.05) is 11.9 Å². The molecule has 0 spiro atoms. The van der Waals surface area contributed by atoms with E-state index >= 15 is 0 Å². The first kappa shape index (κ1) is 15.6. The Bertz CT molecular complexity index is 1050. The van der Waals surface area contributed by atoms with E-state index in [9.17, 15) is 0 Å². The summed E-state index contributed by atoms with van der Waals surface area (Å²) < 4.78 is 1.80. The van der Waals surface area contributed by atoms with E-state index in [4.69, 9.17) is 0 Å². The summed E-state index contributed by atoms with van der Waals surface area (Å²) in [4.78, 5) is 16.6. The zero-order chi connectivity index (χ0) is 17.6. The van der Waals surface area contributed by atoms with Crippen molar-refractivity contribution in [1.82, 2.24) is 29.5 Å². The van der Waals surface area contributed by atoms with Crippen molar-refractivity contribution < 1.29 is 0 Å². The summed E-state index contributed by atoms with van der Waals surface area (Å²) in [6, 6.07) is 3.93. The molecule has 0 saturated heterocycles. The second-order valence-electron chi connectivity index (χ2n) is 7.48. The van der Waals surface area contributed by atoms with Gasteiger partial charge in [-0.05, 0) is 24.5 Å². The van der Waals surface area contributed by atoms with Crippen molar-refractivity contribution >= 4 is 22.6 Å². The standard InChI is InChI=1S/C18H21N7/c1-11-9-25-15(22-11)6-5-14(24-25)12-7-19-16-13(12)8-20-17(23-16)21-10-18(2,3)4/h5-9H,10H2,1-4H3,(H2,19,20,21,23). The predicted octanol–water partition coefficient (Wildman–Crippen LogP) is 3.43. The molecular formula is C18H21N7. The number of rotatable bonds is 3. The van der Waals surface area contributed by atoms with E-state index < -0.39 is 0 Å². The van der Waals surface area contributed by atoms with Crippen molar-refractivity contribution in [1.29, 1.82) is 0 Å². The quantitative estimate of drug-likeness (QED) is 0.599. The minimum absolute atomic E-state index is 0.168. The third-order valence-electron chi connectivity index (χ3n) is 3.93. The first-order valence-electron chi connectivity index (χ1n) is 8.30. The number of aromatic amines is 1. The summed E-state index contributed by atoms with van der Waals surface area (Å²) >= 11 is 0. The SMILES string of the molecule is Cc1cn2nc(-c3c[nH]c4nc(NCC(C)(C)C)ncc34)ccc2n1. The Morgan fingerprint density at radius 1 is 1.20 bits per heavy atom. The van der Waals surface area contributed by atoms with Gasteiger partial charge in [-0.3, -0.25) is 0 Å².